The quantitative estimate of drug-likeness (QED) is 0.662. The van der Waals surface area contributed by atoms with Gasteiger partial charge in [0.15, 0.2) is 0 Å². The Balaban J connectivity index is 1.81. The Labute approximate surface area is 140 Å². The summed E-state index contributed by atoms with van der Waals surface area (Å²) in [5, 5.41) is 3.44. The number of nitrogens with zero attached hydrogens (tertiary/aromatic N) is 3. The van der Waals surface area contributed by atoms with Crippen LogP contribution in [0.1, 0.15) is 18.4 Å². The maximum atomic E-state index is 5.13. The first-order valence-electron chi connectivity index (χ1n) is 8.29. The molecule has 1 fully saturated rings. The number of piperidine rings is 1. The number of hydrogen-bond donors (Lipinski definition) is 1. The largest absolute Gasteiger partial charge is 0.383 e. The maximum Gasteiger partial charge on any atom is 0.222 e. The van der Waals surface area contributed by atoms with Crippen molar-refractivity contribution in [1.82, 2.24) is 14.9 Å². The highest BCUT2D eigenvalue weighted by Crippen LogP contribution is 2.14. The average molecular weight is 333 g/mol. The molecule has 1 saturated heterocycles. The summed E-state index contributed by atoms with van der Waals surface area (Å²) in [6.07, 6.45) is 5.86. The summed E-state index contributed by atoms with van der Waals surface area (Å²) in [5.41, 5.74) is 4.23. The minimum atomic E-state index is -1.35. The zero-order valence-corrected chi connectivity index (χ0v) is 15.7. The molecule has 0 atom stereocenters. The van der Waals surface area contributed by atoms with Crippen LogP contribution in [0, 0.1) is 11.5 Å². The van der Waals surface area contributed by atoms with Gasteiger partial charge in [0.2, 0.25) is 5.95 Å². The fourth-order valence-electron chi connectivity index (χ4n) is 2.43. The summed E-state index contributed by atoms with van der Waals surface area (Å²) in [7, 11) is 0.402. The van der Waals surface area contributed by atoms with E-state index in [4.69, 9.17) is 4.74 Å². The molecule has 0 aliphatic carbocycles. The van der Waals surface area contributed by atoms with Crippen LogP contribution >= 0.6 is 0 Å². The van der Waals surface area contributed by atoms with Crippen LogP contribution in [0.5, 0.6) is 0 Å². The number of ether oxygens (including phenoxy) is 1. The van der Waals surface area contributed by atoms with Gasteiger partial charge in [-0.05, 0) is 12.8 Å². The second kappa shape index (κ2) is 8.43. The fourth-order valence-corrected chi connectivity index (χ4v) is 2.95. The summed E-state index contributed by atoms with van der Waals surface area (Å²) in [6, 6.07) is 0.452. The van der Waals surface area contributed by atoms with Crippen LogP contribution in [0.3, 0.4) is 0 Å². The SMILES string of the molecule is COCCN1CCC(Nc2ncc(C#C[Si](C)(C)C)cn2)CC1. The first-order valence-corrected chi connectivity index (χ1v) is 11.8. The van der Waals surface area contributed by atoms with Crippen molar-refractivity contribution in [3.05, 3.63) is 18.0 Å². The molecule has 0 saturated carbocycles. The Morgan fingerprint density at radius 3 is 2.48 bits per heavy atom. The molecule has 5 nitrogen and oxygen atoms in total. The van der Waals surface area contributed by atoms with Crippen LogP contribution < -0.4 is 5.32 Å². The van der Waals surface area contributed by atoms with E-state index < -0.39 is 8.07 Å². The molecule has 23 heavy (non-hydrogen) atoms. The lowest BCUT2D eigenvalue weighted by Crippen LogP contribution is -2.40. The van der Waals surface area contributed by atoms with E-state index in [1.54, 1.807) is 7.11 Å². The Morgan fingerprint density at radius 1 is 1.26 bits per heavy atom. The molecular formula is C17H28N4OSi. The molecule has 0 spiro atoms. The minimum absolute atomic E-state index is 0.452. The number of nitrogens with one attached hydrogen (secondary N) is 1. The van der Waals surface area contributed by atoms with Crippen molar-refractivity contribution in [2.45, 2.75) is 38.5 Å². The summed E-state index contributed by atoms with van der Waals surface area (Å²) in [6.45, 7) is 10.7. The van der Waals surface area contributed by atoms with E-state index >= 15 is 0 Å². The second-order valence-corrected chi connectivity index (χ2v) is 11.8. The molecule has 0 bridgehead atoms. The second-order valence-electron chi connectivity index (χ2n) is 7.05. The zero-order valence-electron chi connectivity index (χ0n) is 14.7. The lowest BCUT2D eigenvalue weighted by Gasteiger charge is -2.32. The third-order valence-corrected chi connectivity index (χ3v) is 4.64. The van der Waals surface area contributed by atoms with E-state index in [9.17, 15) is 0 Å². The van der Waals surface area contributed by atoms with Gasteiger partial charge in [0, 0.05) is 45.2 Å². The Bertz CT molecular complexity index is 536. The van der Waals surface area contributed by atoms with Crippen molar-refractivity contribution < 1.29 is 4.74 Å². The molecule has 0 aromatic carbocycles. The smallest absolute Gasteiger partial charge is 0.222 e. The number of rotatable bonds is 5. The third-order valence-electron chi connectivity index (χ3n) is 3.77. The highest BCUT2D eigenvalue weighted by molar-refractivity contribution is 6.83. The molecule has 1 aromatic rings. The average Bonchev–Trinajstić information content (AvgIpc) is 2.53. The monoisotopic (exact) mass is 332 g/mol. The Kier molecular flexibility index (Phi) is 6.57. The predicted molar refractivity (Wildman–Crippen MR) is 97.2 cm³/mol. The Hall–Kier alpha value is -1.42. The summed E-state index contributed by atoms with van der Waals surface area (Å²) >= 11 is 0. The van der Waals surface area contributed by atoms with E-state index in [0.717, 1.165) is 44.6 Å². The van der Waals surface area contributed by atoms with Gasteiger partial charge in [0.1, 0.15) is 8.07 Å². The molecule has 1 aliphatic rings. The van der Waals surface area contributed by atoms with Crippen LogP contribution in [0.25, 0.3) is 0 Å². The number of aromatic nitrogens is 2. The zero-order chi connectivity index (χ0) is 16.7. The van der Waals surface area contributed by atoms with Gasteiger partial charge in [0.05, 0.1) is 12.2 Å². The van der Waals surface area contributed by atoms with Gasteiger partial charge < -0.3 is 15.0 Å². The molecule has 2 rings (SSSR count). The lowest BCUT2D eigenvalue weighted by atomic mass is 10.1. The van der Waals surface area contributed by atoms with Gasteiger partial charge in [-0.2, -0.15) is 0 Å². The molecule has 1 aliphatic heterocycles. The van der Waals surface area contributed by atoms with Crippen molar-refractivity contribution >= 4 is 14.0 Å². The van der Waals surface area contributed by atoms with E-state index in [1.807, 2.05) is 12.4 Å². The highest BCUT2D eigenvalue weighted by atomic mass is 28.3. The van der Waals surface area contributed by atoms with Crippen molar-refractivity contribution in [3.63, 3.8) is 0 Å². The van der Waals surface area contributed by atoms with Gasteiger partial charge in [0.25, 0.3) is 0 Å². The third kappa shape index (κ3) is 6.69. The van der Waals surface area contributed by atoms with Gasteiger partial charge >= 0.3 is 0 Å². The van der Waals surface area contributed by atoms with Crippen molar-refractivity contribution in [2.75, 3.05) is 38.7 Å². The molecule has 6 heteroatoms. The van der Waals surface area contributed by atoms with Gasteiger partial charge in [-0.15, -0.1) is 5.54 Å². The van der Waals surface area contributed by atoms with Gasteiger partial charge in [-0.3, -0.25) is 0 Å². The minimum Gasteiger partial charge on any atom is -0.383 e. The molecule has 2 heterocycles. The van der Waals surface area contributed by atoms with Crippen LogP contribution in [-0.2, 0) is 4.74 Å². The van der Waals surface area contributed by atoms with Crippen molar-refractivity contribution in [1.29, 1.82) is 0 Å². The first kappa shape index (κ1) is 17.9. The summed E-state index contributed by atoms with van der Waals surface area (Å²) < 4.78 is 5.13. The topological polar surface area (TPSA) is 50.3 Å². The number of likely N-dealkylation sites (tertiary alicyclic amines) is 1. The molecule has 1 N–H and O–H groups in total. The number of anilines is 1. The highest BCUT2D eigenvalue weighted by Gasteiger charge is 2.19. The number of methoxy groups -OCH3 is 1. The van der Waals surface area contributed by atoms with Crippen molar-refractivity contribution in [3.8, 4) is 11.5 Å². The standard InChI is InChI=1S/C17H28N4OSi/c1-22-11-10-21-8-5-16(6-9-21)20-17-18-13-15(14-19-17)7-12-23(2,3)4/h13-14,16H,5-6,8-11H2,1-4H3,(H,18,19,20). The van der Waals surface area contributed by atoms with Crippen LogP contribution in [0.4, 0.5) is 5.95 Å². The maximum absolute atomic E-state index is 5.13. The molecule has 126 valence electrons. The summed E-state index contributed by atoms with van der Waals surface area (Å²) in [5.74, 6) is 3.89. The molecular weight excluding hydrogens is 304 g/mol. The number of hydrogen-bond acceptors (Lipinski definition) is 5. The summed E-state index contributed by atoms with van der Waals surface area (Å²) in [4.78, 5) is 11.2. The van der Waals surface area contributed by atoms with Crippen molar-refractivity contribution in [2.24, 2.45) is 0 Å². The van der Waals surface area contributed by atoms with E-state index in [0.29, 0.717) is 12.0 Å². The van der Waals surface area contributed by atoms with Crippen LogP contribution in [0.2, 0.25) is 19.6 Å². The van der Waals surface area contributed by atoms with E-state index in [2.05, 4.69) is 51.3 Å². The molecule has 1 aromatic heterocycles. The van der Waals surface area contributed by atoms with Gasteiger partial charge in [-0.1, -0.05) is 25.6 Å². The molecule has 0 unspecified atom stereocenters. The lowest BCUT2D eigenvalue weighted by molar-refractivity contribution is 0.132. The molecule has 0 amide bonds. The fraction of sp³-hybridized carbons (Fsp3) is 0.647. The van der Waals surface area contributed by atoms with E-state index in [1.165, 1.54) is 0 Å². The Morgan fingerprint density at radius 2 is 1.91 bits per heavy atom. The molecule has 0 radical (unpaired) electrons. The van der Waals surface area contributed by atoms with Crippen LogP contribution in [-0.4, -0.2) is 62.3 Å². The van der Waals surface area contributed by atoms with Gasteiger partial charge in [-0.25, -0.2) is 9.97 Å². The van der Waals surface area contributed by atoms with Crippen LogP contribution in [0.15, 0.2) is 12.4 Å². The predicted octanol–water partition coefficient (Wildman–Crippen LogP) is 2.23. The normalized spacial score (nSPS) is 16.7. The first-order chi connectivity index (χ1) is 11.0. The van der Waals surface area contributed by atoms with E-state index in [-0.39, 0.29) is 0 Å².